The third-order valence-electron chi connectivity index (χ3n) is 2.48. The zero-order valence-corrected chi connectivity index (χ0v) is 11.0. The molecule has 0 aliphatic rings. The molecular formula is C12H10ClF3N4. The van der Waals surface area contributed by atoms with Crippen molar-refractivity contribution >= 4 is 29.1 Å². The predicted octanol–water partition coefficient (Wildman–Crippen LogP) is 3.78. The second-order valence-corrected chi connectivity index (χ2v) is 4.55. The Morgan fingerprint density at radius 1 is 1.25 bits per heavy atom. The highest BCUT2D eigenvalue weighted by Crippen LogP contribution is 2.34. The van der Waals surface area contributed by atoms with Crippen molar-refractivity contribution < 1.29 is 13.2 Å². The van der Waals surface area contributed by atoms with E-state index in [1.165, 1.54) is 12.3 Å². The molecule has 0 fully saturated rings. The van der Waals surface area contributed by atoms with Crippen LogP contribution < -0.4 is 11.1 Å². The van der Waals surface area contributed by atoms with Gasteiger partial charge >= 0.3 is 6.18 Å². The highest BCUT2D eigenvalue weighted by Gasteiger charge is 2.31. The number of rotatable bonds is 2. The largest absolute Gasteiger partial charge is 0.416 e. The number of nitrogens with two attached hydrogens (primary N) is 1. The van der Waals surface area contributed by atoms with E-state index in [1.54, 1.807) is 6.92 Å². The van der Waals surface area contributed by atoms with Crippen molar-refractivity contribution in [3.8, 4) is 0 Å². The second-order valence-electron chi connectivity index (χ2n) is 4.11. The number of aryl methyl sites for hydroxylation is 1. The first-order chi connectivity index (χ1) is 9.25. The van der Waals surface area contributed by atoms with Gasteiger partial charge in [-0.1, -0.05) is 11.6 Å². The summed E-state index contributed by atoms with van der Waals surface area (Å²) in [6, 6.07) is 3.17. The molecule has 0 radical (unpaired) electrons. The van der Waals surface area contributed by atoms with E-state index in [1.807, 2.05) is 0 Å². The Morgan fingerprint density at radius 2 is 1.95 bits per heavy atom. The number of benzene rings is 1. The molecule has 3 N–H and O–H groups in total. The second kappa shape index (κ2) is 5.16. The molecule has 1 aromatic carbocycles. The molecule has 0 aliphatic carbocycles. The first-order valence-corrected chi connectivity index (χ1v) is 5.87. The summed E-state index contributed by atoms with van der Waals surface area (Å²) in [5.41, 5.74) is 5.42. The number of anilines is 3. The Hall–Kier alpha value is -2.02. The van der Waals surface area contributed by atoms with Gasteiger partial charge in [0.05, 0.1) is 5.56 Å². The maximum absolute atomic E-state index is 12.7. The Kier molecular flexibility index (Phi) is 3.71. The fourth-order valence-electron chi connectivity index (χ4n) is 1.54. The molecular weight excluding hydrogens is 293 g/mol. The van der Waals surface area contributed by atoms with Gasteiger partial charge in [0.15, 0.2) is 0 Å². The molecule has 0 amide bonds. The van der Waals surface area contributed by atoms with Crippen LogP contribution in [0.1, 0.15) is 11.1 Å². The highest BCUT2D eigenvalue weighted by atomic mass is 35.5. The molecule has 0 atom stereocenters. The Morgan fingerprint density at radius 3 is 2.60 bits per heavy atom. The zero-order chi connectivity index (χ0) is 14.9. The fourth-order valence-corrected chi connectivity index (χ4v) is 1.78. The van der Waals surface area contributed by atoms with Crippen LogP contribution >= 0.6 is 11.6 Å². The summed E-state index contributed by atoms with van der Waals surface area (Å²) >= 11 is 5.70. The van der Waals surface area contributed by atoms with Crippen molar-refractivity contribution in [3.05, 3.63) is 40.5 Å². The molecule has 0 aliphatic heterocycles. The normalized spacial score (nSPS) is 11.4. The molecule has 2 rings (SSSR count). The van der Waals surface area contributed by atoms with Gasteiger partial charge in [-0.3, -0.25) is 0 Å². The first kappa shape index (κ1) is 14.4. The van der Waals surface area contributed by atoms with Gasteiger partial charge in [0.2, 0.25) is 5.95 Å². The van der Waals surface area contributed by atoms with Crippen LogP contribution in [0.2, 0.25) is 5.02 Å². The molecule has 1 heterocycles. The van der Waals surface area contributed by atoms with E-state index in [4.69, 9.17) is 17.3 Å². The van der Waals surface area contributed by atoms with E-state index in [0.29, 0.717) is 11.4 Å². The van der Waals surface area contributed by atoms with Gasteiger partial charge in [0.1, 0.15) is 5.82 Å². The van der Waals surface area contributed by atoms with E-state index in [0.717, 1.165) is 12.1 Å². The average Bonchev–Trinajstić information content (AvgIpc) is 2.32. The summed E-state index contributed by atoms with van der Waals surface area (Å²) in [6.07, 6.45) is -3.00. The number of nitrogens with one attached hydrogen (secondary N) is 1. The van der Waals surface area contributed by atoms with Crippen LogP contribution in [0.4, 0.5) is 30.6 Å². The number of aromatic nitrogens is 2. The SMILES string of the molecule is Cc1cnc(N)nc1Nc1cc(Cl)cc(C(F)(F)F)c1. The molecule has 0 bridgehead atoms. The van der Waals surface area contributed by atoms with Crippen molar-refractivity contribution in [1.82, 2.24) is 9.97 Å². The summed E-state index contributed by atoms with van der Waals surface area (Å²) in [5.74, 6) is 0.351. The van der Waals surface area contributed by atoms with Gasteiger partial charge in [-0.15, -0.1) is 0 Å². The van der Waals surface area contributed by atoms with Crippen LogP contribution in [0.3, 0.4) is 0 Å². The molecule has 8 heteroatoms. The zero-order valence-electron chi connectivity index (χ0n) is 10.3. The Bertz CT molecular complexity index is 643. The molecule has 106 valence electrons. The molecule has 0 unspecified atom stereocenters. The molecule has 4 nitrogen and oxygen atoms in total. The third-order valence-corrected chi connectivity index (χ3v) is 2.70. The van der Waals surface area contributed by atoms with E-state index < -0.39 is 11.7 Å². The molecule has 0 spiro atoms. The highest BCUT2D eigenvalue weighted by molar-refractivity contribution is 6.31. The maximum atomic E-state index is 12.7. The molecule has 0 saturated heterocycles. The van der Waals surface area contributed by atoms with Crippen LogP contribution in [0.5, 0.6) is 0 Å². The number of nitrogens with zero attached hydrogens (tertiary/aromatic N) is 2. The minimum atomic E-state index is -4.47. The lowest BCUT2D eigenvalue weighted by Crippen LogP contribution is -2.06. The summed E-state index contributed by atoms with van der Waals surface area (Å²) < 4.78 is 38.1. The summed E-state index contributed by atoms with van der Waals surface area (Å²) in [6.45, 7) is 1.71. The number of alkyl halides is 3. The molecule has 1 aromatic heterocycles. The maximum Gasteiger partial charge on any atom is 0.416 e. The smallest absolute Gasteiger partial charge is 0.368 e. The first-order valence-electron chi connectivity index (χ1n) is 5.49. The summed E-state index contributed by atoms with van der Waals surface area (Å²) in [4.78, 5) is 7.70. The molecule has 2 aromatic rings. The minimum Gasteiger partial charge on any atom is -0.368 e. The Labute approximate surface area is 117 Å². The monoisotopic (exact) mass is 302 g/mol. The van der Waals surface area contributed by atoms with Crippen molar-refractivity contribution in [3.63, 3.8) is 0 Å². The van der Waals surface area contributed by atoms with Gasteiger partial charge in [-0.2, -0.15) is 18.2 Å². The fraction of sp³-hybridized carbons (Fsp3) is 0.167. The van der Waals surface area contributed by atoms with Crippen molar-refractivity contribution in [2.75, 3.05) is 11.1 Å². The van der Waals surface area contributed by atoms with Crippen LogP contribution in [0.25, 0.3) is 0 Å². The van der Waals surface area contributed by atoms with E-state index in [2.05, 4.69) is 15.3 Å². The topological polar surface area (TPSA) is 63.8 Å². The molecule has 20 heavy (non-hydrogen) atoms. The van der Waals surface area contributed by atoms with Crippen LogP contribution in [-0.2, 0) is 6.18 Å². The lowest BCUT2D eigenvalue weighted by atomic mass is 10.2. The van der Waals surface area contributed by atoms with Crippen molar-refractivity contribution in [2.45, 2.75) is 13.1 Å². The van der Waals surface area contributed by atoms with Gasteiger partial charge < -0.3 is 11.1 Å². The minimum absolute atomic E-state index is 0.0242. The van der Waals surface area contributed by atoms with Gasteiger partial charge in [-0.25, -0.2) is 4.98 Å². The van der Waals surface area contributed by atoms with Crippen LogP contribution in [0, 0.1) is 6.92 Å². The number of halogens is 4. The lowest BCUT2D eigenvalue weighted by Gasteiger charge is -2.12. The van der Waals surface area contributed by atoms with Crippen LogP contribution in [-0.4, -0.2) is 9.97 Å². The molecule has 0 saturated carbocycles. The summed E-state index contributed by atoms with van der Waals surface area (Å²) in [7, 11) is 0. The standard InChI is InChI=1S/C12H10ClF3N4/c1-6-5-18-11(17)20-10(6)19-9-3-7(12(14,15)16)2-8(13)4-9/h2-5H,1H3,(H3,17,18,19,20). The lowest BCUT2D eigenvalue weighted by molar-refractivity contribution is -0.137. The Balaban J connectivity index is 2.39. The predicted molar refractivity (Wildman–Crippen MR) is 70.9 cm³/mol. The van der Waals surface area contributed by atoms with Gasteiger partial charge in [-0.05, 0) is 25.1 Å². The number of nitrogen functional groups attached to an aromatic ring is 1. The van der Waals surface area contributed by atoms with E-state index in [-0.39, 0.29) is 16.7 Å². The number of hydrogen-bond acceptors (Lipinski definition) is 4. The van der Waals surface area contributed by atoms with Gasteiger partial charge in [0, 0.05) is 22.5 Å². The van der Waals surface area contributed by atoms with Crippen LogP contribution in [0.15, 0.2) is 24.4 Å². The van der Waals surface area contributed by atoms with Crippen molar-refractivity contribution in [1.29, 1.82) is 0 Å². The van der Waals surface area contributed by atoms with Gasteiger partial charge in [0.25, 0.3) is 0 Å². The quantitative estimate of drug-likeness (QED) is 0.886. The van der Waals surface area contributed by atoms with E-state index >= 15 is 0 Å². The van der Waals surface area contributed by atoms with Crippen molar-refractivity contribution in [2.24, 2.45) is 0 Å². The van der Waals surface area contributed by atoms with E-state index in [9.17, 15) is 13.2 Å². The number of hydrogen-bond donors (Lipinski definition) is 2. The summed E-state index contributed by atoms with van der Waals surface area (Å²) in [5, 5.41) is 2.72. The third kappa shape index (κ3) is 3.30. The average molecular weight is 303 g/mol.